The lowest BCUT2D eigenvalue weighted by atomic mass is 9.78. The van der Waals surface area contributed by atoms with E-state index in [4.69, 9.17) is 4.74 Å². The van der Waals surface area contributed by atoms with E-state index in [2.05, 4.69) is 24.5 Å². The zero-order chi connectivity index (χ0) is 21.0. The largest absolute Gasteiger partial charge is 0.379 e. The SMILES string of the molecule is C[C@H]1[C@@H](N[C@@H](C)C(=O)Nc2ccc(S(=O)(=O)N3CCOCC3)cc2)CCC[C@@H]1C. The number of benzene rings is 1. The summed E-state index contributed by atoms with van der Waals surface area (Å²) in [6.07, 6.45) is 3.54. The van der Waals surface area contributed by atoms with Gasteiger partial charge in [-0.2, -0.15) is 4.31 Å². The Morgan fingerprint density at radius 3 is 2.45 bits per heavy atom. The smallest absolute Gasteiger partial charge is 0.243 e. The van der Waals surface area contributed by atoms with Gasteiger partial charge in [0, 0.05) is 24.8 Å². The molecule has 2 N–H and O–H groups in total. The summed E-state index contributed by atoms with van der Waals surface area (Å²) in [6, 6.07) is 6.41. The average Bonchev–Trinajstić information content (AvgIpc) is 2.72. The Labute approximate surface area is 174 Å². The van der Waals surface area contributed by atoms with Crippen LogP contribution >= 0.6 is 0 Å². The third-order valence-electron chi connectivity index (χ3n) is 6.29. The molecular formula is C21H33N3O4S. The van der Waals surface area contributed by atoms with Gasteiger partial charge in [0.05, 0.1) is 24.2 Å². The predicted molar refractivity (Wildman–Crippen MR) is 113 cm³/mol. The van der Waals surface area contributed by atoms with Crippen LogP contribution in [0.4, 0.5) is 5.69 Å². The number of morpholine rings is 1. The van der Waals surface area contributed by atoms with Crippen molar-refractivity contribution >= 4 is 21.6 Å². The first-order valence-corrected chi connectivity index (χ1v) is 12.0. The topological polar surface area (TPSA) is 87.7 Å². The quantitative estimate of drug-likeness (QED) is 0.734. The van der Waals surface area contributed by atoms with E-state index in [9.17, 15) is 13.2 Å². The van der Waals surface area contributed by atoms with Gasteiger partial charge in [-0.15, -0.1) is 0 Å². The number of carbonyl (C=O) groups excluding carboxylic acids is 1. The molecule has 7 nitrogen and oxygen atoms in total. The van der Waals surface area contributed by atoms with Crippen LogP contribution in [0.1, 0.15) is 40.0 Å². The lowest BCUT2D eigenvalue weighted by Crippen LogP contribution is -2.49. The highest BCUT2D eigenvalue weighted by Crippen LogP contribution is 2.29. The molecule has 2 fully saturated rings. The maximum atomic E-state index is 12.7. The average molecular weight is 424 g/mol. The van der Waals surface area contributed by atoms with Gasteiger partial charge in [0.15, 0.2) is 0 Å². The highest BCUT2D eigenvalue weighted by molar-refractivity contribution is 7.89. The van der Waals surface area contributed by atoms with E-state index in [1.54, 1.807) is 24.3 Å². The first-order valence-electron chi connectivity index (χ1n) is 10.5. The molecule has 1 amide bonds. The molecule has 29 heavy (non-hydrogen) atoms. The molecule has 1 heterocycles. The van der Waals surface area contributed by atoms with Gasteiger partial charge in [0.2, 0.25) is 15.9 Å². The number of rotatable bonds is 6. The maximum absolute atomic E-state index is 12.7. The fraction of sp³-hybridized carbons (Fsp3) is 0.667. The van der Waals surface area contributed by atoms with E-state index in [1.807, 2.05) is 6.92 Å². The standard InChI is InChI=1S/C21H33N3O4S/c1-15-5-4-6-20(16(15)2)22-17(3)21(25)23-18-7-9-19(10-8-18)29(26,27)24-11-13-28-14-12-24/h7-10,15-17,20,22H,4-6,11-14H2,1-3H3,(H,23,25)/t15-,16+,17-,20-/m0/s1. The van der Waals surface area contributed by atoms with Crippen molar-refractivity contribution in [3.05, 3.63) is 24.3 Å². The highest BCUT2D eigenvalue weighted by Gasteiger charge is 2.29. The molecular weight excluding hydrogens is 390 g/mol. The Morgan fingerprint density at radius 2 is 1.79 bits per heavy atom. The zero-order valence-corrected chi connectivity index (χ0v) is 18.4. The Balaban J connectivity index is 1.58. The number of hydrogen-bond donors (Lipinski definition) is 2. The van der Waals surface area contributed by atoms with Gasteiger partial charge in [0.1, 0.15) is 0 Å². The number of sulfonamides is 1. The number of amides is 1. The summed E-state index contributed by atoms with van der Waals surface area (Å²) in [5.41, 5.74) is 0.592. The predicted octanol–water partition coefficient (Wildman–Crippen LogP) is 2.45. The Bertz CT molecular complexity index is 791. The van der Waals surface area contributed by atoms with Crippen LogP contribution in [0, 0.1) is 11.8 Å². The van der Waals surface area contributed by atoms with Crippen LogP contribution in [-0.2, 0) is 19.6 Å². The van der Waals surface area contributed by atoms with Crippen LogP contribution in [0.2, 0.25) is 0 Å². The summed E-state index contributed by atoms with van der Waals surface area (Å²) < 4.78 is 32.0. The van der Waals surface area contributed by atoms with E-state index < -0.39 is 10.0 Å². The fourth-order valence-corrected chi connectivity index (χ4v) is 5.52. The molecule has 2 aliphatic rings. The molecule has 1 aromatic rings. The normalized spacial score (nSPS) is 27.3. The van der Waals surface area contributed by atoms with Crippen molar-refractivity contribution < 1.29 is 17.9 Å². The van der Waals surface area contributed by atoms with Gasteiger partial charge in [-0.1, -0.05) is 26.7 Å². The van der Waals surface area contributed by atoms with Crippen LogP contribution in [-0.4, -0.2) is 57.0 Å². The molecule has 8 heteroatoms. The van der Waals surface area contributed by atoms with E-state index in [0.717, 1.165) is 6.42 Å². The van der Waals surface area contributed by atoms with Crippen LogP contribution in [0.3, 0.4) is 0 Å². The van der Waals surface area contributed by atoms with Gasteiger partial charge in [-0.3, -0.25) is 4.79 Å². The minimum Gasteiger partial charge on any atom is -0.379 e. The van der Waals surface area contributed by atoms with Gasteiger partial charge >= 0.3 is 0 Å². The number of carbonyl (C=O) groups is 1. The van der Waals surface area contributed by atoms with Gasteiger partial charge < -0.3 is 15.4 Å². The Hall–Kier alpha value is -1.48. The zero-order valence-electron chi connectivity index (χ0n) is 17.6. The van der Waals surface area contributed by atoms with Crippen molar-refractivity contribution in [1.82, 2.24) is 9.62 Å². The molecule has 0 aromatic heterocycles. The van der Waals surface area contributed by atoms with E-state index in [0.29, 0.717) is 49.9 Å². The summed E-state index contributed by atoms with van der Waals surface area (Å²) in [4.78, 5) is 12.8. The first kappa shape index (κ1) is 22.2. The molecule has 1 aromatic carbocycles. The lowest BCUT2D eigenvalue weighted by molar-refractivity contribution is -0.118. The van der Waals surface area contributed by atoms with E-state index >= 15 is 0 Å². The monoisotopic (exact) mass is 423 g/mol. The number of anilines is 1. The second kappa shape index (κ2) is 9.55. The lowest BCUT2D eigenvalue weighted by Gasteiger charge is -2.36. The minimum atomic E-state index is -3.53. The van der Waals surface area contributed by atoms with Crippen LogP contribution in [0.25, 0.3) is 0 Å². The third kappa shape index (κ3) is 5.36. The number of nitrogens with one attached hydrogen (secondary N) is 2. The molecule has 0 unspecified atom stereocenters. The first-order chi connectivity index (χ1) is 13.8. The molecule has 0 radical (unpaired) electrons. The van der Waals surface area contributed by atoms with Crippen molar-refractivity contribution in [2.24, 2.45) is 11.8 Å². The van der Waals surface area contributed by atoms with Crippen LogP contribution < -0.4 is 10.6 Å². The van der Waals surface area contributed by atoms with Crippen LogP contribution in [0.5, 0.6) is 0 Å². The van der Waals surface area contributed by atoms with Crippen molar-refractivity contribution in [2.45, 2.75) is 57.0 Å². The third-order valence-corrected chi connectivity index (χ3v) is 8.21. The molecule has 1 aliphatic heterocycles. The molecule has 0 spiro atoms. The number of nitrogens with zero attached hydrogens (tertiary/aromatic N) is 1. The molecule has 162 valence electrons. The maximum Gasteiger partial charge on any atom is 0.243 e. The van der Waals surface area contributed by atoms with Gasteiger partial charge in [-0.25, -0.2) is 8.42 Å². The van der Waals surface area contributed by atoms with E-state index in [-0.39, 0.29) is 16.8 Å². The molecule has 1 saturated heterocycles. The van der Waals surface area contributed by atoms with Crippen LogP contribution in [0.15, 0.2) is 29.2 Å². The molecule has 3 rings (SSSR count). The minimum absolute atomic E-state index is 0.112. The highest BCUT2D eigenvalue weighted by atomic mass is 32.2. The molecule has 1 aliphatic carbocycles. The number of ether oxygens (including phenoxy) is 1. The summed E-state index contributed by atoms with van der Waals surface area (Å²) in [5.74, 6) is 1.10. The summed E-state index contributed by atoms with van der Waals surface area (Å²) in [5, 5.41) is 6.36. The van der Waals surface area contributed by atoms with Crippen molar-refractivity contribution in [2.75, 3.05) is 31.6 Å². The molecule has 4 atom stereocenters. The van der Waals surface area contributed by atoms with E-state index in [1.165, 1.54) is 17.1 Å². The van der Waals surface area contributed by atoms with Gasteiger partial charge in [-0.05, 0) is 49.4 Å². The summed E-state index contributed by atoms with van der Waals surface area (Å²) in [7, 11) is -3.53. The number of hydrogen-bond acceptors (Lipinski definition) is 5. The Kier molecular flexibility index (Phi) is 7.32. The van der Waals surface area contributed by atoms with Crippen molar-refractivity contribution in [1.29, 1.82) is 0 Å². The fourth-order valence-electron chi connectivity index (χ4n) is 4.11. The summed E-state index contributed by atoms with van der Waals surface area (Å²) >= 11 is 0. The van der Waals surface area contributed by atoms with Gasteiger partial charge in [0.25, 0.3) is 0 Å². The second-order valence-electron chi connectivity index (χ2n) is 8.29. The van der Waals surface area contributed by atoms with Crippen molar-refractivity contribution in [3.8, 4) is 0 Å². The Morgan fingerprint density at radius 1 is 1.14 bits per heavy atom. The molecule has 0 bridgehead atoms. The summed E-state index contributed by atoms with van der Waals surface area (Å²) in [6.45, 7) is 7.95. The van der Waals surface area contributed by atoms with Crippen molar-refractivity contribution in [3.63, 3.8) is 0 Å². The molecule has 1 saturated carbocycles. The second-order valence-corrected chi connectivity index (χ2v) is 10.2.